The number of anilines is 2. The molecule has 0 bridgehead atoms. The first kappa shape index (κ1) is 22.4. The lowest BCUT2D eigenvalue weighted by atomic mass is 10.1. The predicted octanol–water partition coefficient (Wildman–Crippen LogP) is 4.69. The van der Waals surface area contributed by atoms with Gasteiger partial charge in [0.2, 0.25) is 0 Å². The van der Waals surface area contributed by atoms with Crippen molar-refractivity contribution in [2.45, 2.75) is 0 Å². The summed E-state index contributed by atoms with van der Waals surface area (Å²) in [5.41, 5.74) is 5.11. The zero-order valence-electron chi connectivity index (χ0n) is 18.7. The maximum absolute atomic E-state index is 12.5. The van der Waals surface area contributed by atoms with Crippen molar-refractivity contribution in [3.05, 3.63) is 77.3 Å². The van der Waals surface area contributed by atoms with Gasteiger partial charge in [-0.3, -0.25) is 14.8 Å². The van der Waals surface area contributed by atoms with Crippen LogP contribution in [0.1, 0.15) is 10.4 Å². The molecule has 0 atom stereocenters. The molecule has 1 saturated heterocycles. The van der Waals surface area contributed by atoms with E-state index in [2.05, 4.69) is 25.7 Å². The van der Waals surface area contributed by atoms with E-state index < -0.39 is 0 Å². The molecular weight excluding hydrogens is 450 g/mol. The quantitative estimate of drug-likeness (QED) is 0.361. The Morgan fingerprint density at radius 2 is 1.85 bits per heavy atom. The Hall–Kier alpha value is -3.39. The van der Waals surface area contributed by atoms with Gasteiger partial charge in [-0.15, -0.1) is 0 Å². The number of ether oxygens (including phenoxy) is 1. The van der Waals surface area contributed by atoms with Crippen molar-refractivity contribution in [3.8, 4) is 11.3 Å². The summed E-state index contributed by atoms with van der Waals surface area (Å²) in [5.74, 6) is -0.0676. The molecule has 1 aliphatic heterocycles. The number of nitrogens with one attached hydrogen (secondary N) is 3. The number of aromatic amines is 1. The Morgan fingerprint density at radius 3 is 2.65 bits per heavy atom. The number of fused-ring (bicyclic) bond motifs is 1. The summed E-state index contributed by atoms with van der Waals surface area (Å²) in [6.07, 6.45) is 0. The van der Waals surface area contributed by atoms with Gasteiger partial charge in [-0.05, 0) is 42.5 Å². The fraction of sp³-hybridized carbons (Fsp3) is 0.231. The van der Waals surface area contributed by atoms with Crippen LogP contribution in [0.2, 0.25) is 5.02 Å². The van der Waals surface area contributed by atoms with Crippen LogP contribution < -0.4 is 10.6 Å². The van der Waals surface area contributed by atoms with E-state index in [-0.39, 0.29) is 5.91 Å². The Balaban J connectivity index is 1.24. The lowest BCUT2D eigenvalue weighted by molar-refractivity contribution is 0.0383. The second kappa shape index (κ2) is 10.3. The molecule has 0 saturated carbocycles. The van der Waals surface area contributed by atoms with Crippen molar-refractivity contribution in [3.63, 3.8) is 0 Å². The minimum Gasteiger partial charge on any atom is -0.379 e. The van der Waals surface area contributed by atoms with Gasteiger partial charge >= 0.3 is 0 Å². The zero-order chi connectivity index (χ0) is 23.3. The molecule has 34 heavy (non-hydrogen) atoms. The van der Waals surface area contributed by atoms with E-state index in [1.54, 1.807) is 0 Å². The van der Waals surface area contributed by atoms with E-state index in [0.29, 0.717) is 17.1 Å². The average molecular weight is 476 g/mol. The summed E-state index contributed by atoms with van der Waals surface area (Å²) in [5, 5.41) is 15.6. The molecule has 7 nitrogen and oxygen atoms in total. The molecule has 1 amide bonds. The fourth-order valence-electron chi connectivity index (χ4n) is 4.07. The van der Waals surface area contributed by atoms with E-state index in [9.17, 15) is 4.79 Å². The van der Waals surface area contributed by atoms with Gasteiger partial charge in [0, 0.05) is 48.4 Å². The number of para-hydroxylation sites is 1. The monoisotopic (exact) mass is 475 g/mol. The van der Waals surface area contributed by atoms with Crippen LogP contribution in [0.3, 0.4) is 0 Å². The SMILES string of the molecule is O=C(NCCN1CCOCC1)c1ccc(-c2n[nH]c3cc(Nc4ccccc4Cl)ccc23)cc1. The zero-order valence-corrected chi connectivity index (χ0v) is 19.4. The van der Waals surface area contributed by atoms with Crippen LogP contribution in [0.4, 0.5) is 11.4 Å². The molecule has 1 fully saturated rings. The highest BCUT2D eigenvalue weighted by molar-refractivity contribution is 6.33. The summed E-state index contributed by atoms with van der Waals surface area (Å²) in [6.45, 7) is 4.81. The minimum absolute atomic E-state index is 0.0676. The molecule has 0 unspecified atom stereocenters. The second-order valence-corrected chi connectivity index (χ2v) is 8.63. The number of H-pyrrole nitrogens is 1. The molecule has 0 aliphatic carbocycles. The Morgan fingerprint density at radius 1 is 1.06 bits per heavy atom. The molecule has 3 aromatic carbocycles. The third kappa shape index (κ3) is 5.07. The highest BCUT2D eigenvalue weighted by Crippen LogP contribution is 2.30. The van der Waals surface area contributed by atoms with Crippen molar-refractivity contribution < 1.29 is 9.53 Å². The number of nitrogens with zero attached hydrogens (tertiary/aromatic N) is 2. The number of halogens is 1. The number of hydrogen-bond acceptors (Lipinski definition) is 5. The molecule has 1 aliphatic rings. The van der Waals surface area contributed by atoms with E-state index in [0.717, 1.165) is 66.4 Å². The number of rotatable bonds is 7. The average Bonchev–Trinajstić information content (AvgIpc) is 3.29. The molecule has 0 spiro atoms. The Labute approximate surface area is 203 Å². The molecule has 2 heterocycles. The van der Waals surface area contributed by atoms with Gasteiger partial charge in [0.25, 0.3) is 5.91 Å². The Kier molecular flexibility index (Phi) is 6.76. The lowest BCUT2D eigenvalue weighted by Crippen LogP contribution is -2.41. The predicted molar refractivity (Wildman–Crippen MR) is 136 cm³/mol. The van der Waals surface area contributed by atoms with Gasteiger partial charge in [-0.2, -0.15) is 5.10 Å². The molecule has 8 heteroatoms. The number of aromatic nitrogens is 2. The van der Waals surface area contributed by atoms with Gasteiger partial charge in [0.1, 0.15) is 0 Å². The first-order valence-electron chi connectivity index (χ1n) is 11.4. The summed E-state index contributed by atoms with van der Waals surface area (Å²) in [7, 11) is 0. The standard InChI is InChI=1S/C26H26ClN5O2/c27-22-3-1-2-4-23(22)29-20-9-10-21-24(17-20)30-31-25(21)18-5-7-19(8-6-18)26(33)28-11-12-32-13-15-34-16-14-32/h1-10,17,29H,11-16H2,(H,28,33)(H,30,31). The van der Waals surface area contributed by atoms with Crippen LogP contribution in [-0.2, 0) is 4.74 Å². The van der Waals surface area contributed by atoms with Crippen molar-refractivity contribution in [2.75, 3.05) is 44.7 Å². The molecule has 4 aromatic rings. The van der Waals surface area contributed by atoms with Gasteiger partial charge in [-0.1, -0.05) is 35.9 Å². The normalized spacial score (nSPS) is 14.3. The summed E-state index contributed by atoms with van der Waals surface area (Å²) in [4.78, 5) is 14.8. The molecular formula is C26H26ClN5O2. The highest BCUT2D eigenvalue weighted by Gasteiger charge is 2.13. The number of benzene rings is 3. The van der Waals surface area contributed by atoms with E-state index in [4.69, 9.17) is 16.3 Å². The Bertz CT molecular complexity index is 1280. The molecule has 3 N–H and O–H groups in total. The van der Waals surface area contributed by atoms with E-state index >= 15 is 0 Å². The van der Waals surface area contributed by atoms with Crippen molar-refractivity contribution in [1.82, 2.24) is 20.4 Å². The van der Waals surface area contributed by atoms with Crippen LogP contribution in [-0.4, -0.2) is 60.4 Å². The van der Waals surface area contributed by atoms with Crippen LogP contribution in [0.15, 0.2) is 66.7 Å². The summed E-state index contributed by atoms with van der Waals surface area (Å²) in [6, 6.07) is 21.2. The van der Waals surface area contributed by atoms with E-state index in [1.165, 1.54) is 0 Å². The first-order valence-corrected chi connectivity index (χ1v) is 11.7. The minimum atomic E-state index is -0.0676. The van der Waals surface area contributed by atoms with Crippen LogP contribution in [0.5, 0.6) is 0 Å². The largest absolute Gasteiger partial charge is 0.379 e. The second-order valence-electron chi connectivity index (χ2n) is 8.22. The number of hydrogen-bond donors (Lipinski definition) is 3. The van der Waals surface area contributed by atoms with Crippen molar-refractivity contribution in [1.29, 1.82) is 0 Å². The maximum Gasteiger partial charge on any atom is 0.251 e. The van der Waals surface area contributed by atoms with E-state index in [1.807, 2.05) is 66.7 Å². The highest BCUT2D eigenvalue weighted by atomic mass is 35.5. The number of amides is 1. The maximum atomic E-state index is 12.5. The number of morpholine rings is 1. The molecule has 0 radical (unpaired) electrons. The smallest absolute Gasteiger partial charge is 0.251 e. The molecule has 174 valence electrons. The van der Waals surface area contributed by atoms with Crippen LogP contribution >= 0.6 is 11.6 Å². The number of carbonyl (C=O) groups is 1. The summed E-state index contributed by atoms with van der Waals surface area (Å²) < 4.78 is 5.35. The van der Waals surface area contributed by atoms with Gasteiger partial charge in [0.05, 0.1) is 35.1 Å². The molecule has 1 aromatic heterocycles. The van der Waals surface area contributed by atoms with Gasteiger partial charge in [-0.25, -0.2) is 0 Å². The molecule has 5 rings (SSSR count). The third-order valence-electron chi connectivity index (χ3n) is 5.95. The topological polar surface area (TPSA) is 82.3 Å². The first-order chi connectivity index (χ1) is 16.7. The summed E-state index contributed by atoms with van der Waals surface area (Å²) >= 11 is 6.26. The van der Waals surface area contributed by atoms with Crippen LogP contribution in [0.25, 0.3) is 22.2 Å². The third-order valence-corrected chi connectivity index (χ3v) is 6.28. The van der Waals surface area contributed by atoms with Crippen molar-refractivity contribution in [2.24, 2.45) is 0 Å². The van der Waals surface area contributed by atoms with Crippen molar-refractivity contribution >= 4 is 39.8 Å². The fourth-order valence-corrected chi connectivity index (χ4v) is 4.25. The lowest BCUT2D eigenvalue weighted by Gasteiger charge is -2.26. The number of carbonyl (C=O) groups excluding carboxylic acids is 1. The van der Waals surface area contributed by atoms with Gasteiger partial charge < -0.3 is 15.4 Å². The van der Waals surface area contributed by atoms with Crippen LogP contribution in [0, 0.1) is 0 Å². The van der Waals surface area contributed by atoms with Gasteiger partial charge in [0.15, 0.2) is 0 Å².